The zero-order valence-corrected chi connectivity index (χ0v) is 19.6. The number of thioether (sulfide) groups is 1. The number of anilines is 1. The van der Waals surface area contributed by atoms with Gasteiger partial charge in [-0.15, -0.1) is 0 Å². The Balaban J connectivity index is 1.59. The van der Waals surface area contributed by atoms with Gasteiger partial charge in [-0.05, 0) is 35.4 Å². The molecular weight excluding hydrogens is 458 g/mol. The van der Waals surface area contributed by atoms with Crippen LogP contribution in [-0.2, 0) is 4.79 Å². The molecule has 35 heavy (non-hydrogen) atoms. The fraction of sp³-hybridized carbons (Fsp3) is 0.0714. The number of carbonyl (C=O) groups excluding carboxylic acids is 2. The molecule has 3 aromatic carbocycles. The largest absolute Gasteiger partial charge is 0.497 e. The number of hydrogen-bond acceptors (Lipinski definition) is 6. The number of ketones is 1. The van der Waals surface area contributed by atoms with Crippen molar-refractivity contribution in [2.45, 2.75) is 5.03 Å². The van der Waals surface area contributed by atoms with Crippen molar-refractivity contribution in [3.63, 3.8) is 0 Å². The van der Waals surface area contributed by atoms with Crippen molar-refractivity contribution in [1.29, 1.82) is 5.26 Å². The average molecular weight is 478 g/mol. The summed E-state index contributed by atoms with van der Waals surface area (Å²) in [7, 11) is 1.59. The van der Waals surface area contributed by atoms with Crippen LogP contribution in [0.15, 0.2) is 83.9 Å². The molecule has 0 spiro atoms. The standard InChI is InChI=1S/C28H19N3O3S/c1-34-19-13-11-17(12-14-19)24-22(15-29)28(35-16-23(32)30-18-7-3-2-4-8-18)31-26-25(24)20-9-5-6-10-21(20)27(26)33/h2-14H,16H2,1H3,(H,30,32). The molecular formula is C28H19N3O3S. The molecule has 0 saturated carbocycles. The maximum absolute atomic E-state index is 13.2. The molecule has 0 fully saturated rings. The fourth-order valence-electron chi connectivity index (χ4n) is 4.12. The van der Waals surface area contributed by atoms with E-state index >= 15 is 0 Å². The summed E-state index contributed by atoms with van der Waals surface area (Å²) in [4.78, 5) is 30.4. The number of aromatic nitrogens is 1. The highest BCUT2D eigenvalue weighted by Gasteiger charge is 2.34. The number of nitrogens with one attached hydrogen (secondary N) is 1. The summed E-state index contributed by atoms with van der Waals surface area (Å²) >= 11 is 1.14. The highest BCUT2D eigenvalue weighted by atomic mass is 32.2. The predicted molar refractivity (Wildman–Crippen MR) is 136 cm³/mol. The number of ether oxygens (including phenoxy) is 1. The van der Waals surface area contributed by atoms with Crippen molar-refractivity contribution in [2.75, 3.05) is 18.2 Å². The van der Waals surface area contributed by atoms with E-state index in [1.165, 1.54) is 0 Å². The molecule has 0 radical (unpaired) electrons. The van der Waals surface area contributed by atoms with Crippen LogP contribution in [-0.4, -0.2) is 29.5 Å². The van der Waals surface area contributed by atoms with Gasteiger partial charge >= 0.3 is 0 Å². The number of hydrogen-bond donors (Lipinski definition) is 1. The van der Waals surface area contributed by atoms with E-state index in [1.54, 1.807) is 25.3 Å². The van der Waals surface area contributed by atoms with Gasteiger partial charge in [0.2, 0.25) is 11.7 Å². The first-order chi connectivity index (χ1) is 17.1. The van der Waals surface area contributed by atoms with Gasteiger partial charge in [0.1, 0.15) is 22.5 Å². The lowest BCUT2D eigenvalue weighted by molar-refractivity contribution is -0.113. The van der Waals surface area contributed by atoms with E-state index in [1.807, 2.05) is 60.7 Å². The van der Waals surface area contributed by atoms with Gasteiger partial charge in [-0.1, -0.05) is 66.4 Å². The third-order valence-corrected chi connectivity index (χ3v) is 6.68. The normalized spacial score (nSPS) is 11.4. The Morgan fingerprint density at radius 2 is 1.66 bits per heavy atom. The zero-order chi connectivity index (χ0) is 24.4. The van der Waals surface area contributed by atoms with Crippen LogP contribution in [0.25, 0.3) is 22.3 Å². The van der Waals surface area contributed by atoms with Crippen LogP contribution in [0.4, 0.5) is 5.69 Å². The lowest BCUT2D eigenvalue weighted by atomic mass is 9.93. The monoisotopic (exact) mass is 477 g/mol. The first kappa shape index (κ1) is 22.4. The van der Waals surface area contributed by atoms with Crippen molar-refractivity contribution < 1.29 is 14.3 Å². The number of nitrogens with zero attached hydrogens (tertiary/aromatic N) is 2. The minimum absolute atomic E-state index is 0.0402. The van der Waals surface area contributed by atoms with Gasteiger partial charge < -0.3 is 10.1 Å². The van der Waals surface area contributed by atoms with E-state index in [0.29, 0.717) is 44.4 Å². The van der Waals surface area contributed by atoms with E-state index in [0.717, 1.165) is 22.9 Å². The number of fused-ring (bicyclic) bond motifs is 3. The fourth-order valence-corrected chi connectivity index (χ4v) is 4.91. The van der Waals surface area contributed by atoms with Gasteiger partial charge in [0.15, 0.2) is 0 Å². The molecule has 0 bridgehead atoms. The van der Waals surface area contributed by atoms with Crippen molar-refractivity contribution in [2.24, 2.45) is 0 Å². The Kier molecular flexibility index (Phi) is 6.04. The summed E-state index contributed by atoms with van der Waals surface area (Å²) in [6.07, 6.45) is 0. The average Bonchev–Trinajstić information content (AvgIpc) is 3.18. The summed E-state index contributed by atoms with van der Waals surface area (Å²) < 4.78 is 5.29. The summed E-state index contributed by atoms with van der Waals surface area (Å²) in [5, 5.41) is 13.4. The molecule has 5 rings (SSSR count). The second-order valence-corrected chi connectivity index (χ2v) is 8.77. The SMILES string of the molecule is COc1ccc(-c2c(C#N)c(SCC(=O)Nc3ccccc3)nc3c2-c2ccccc2C3=O)cc1. The third-order valence-electron chi connectivity index (χ3n) is 5.71. The van der Waals surface area contributed by atoms with E-state index in [9.17, 15) is 14.9 Å². The summed E-state index contributed by atoms with van der Waals surface area (Å²) in [6.45, 7) is 0. The van der Waals surface area contributed by atoms with Crippen LogP contribution >= 0.6 is 11.8 Å². The summed E-state index contributed by atoms with van der Waals surface area (Å²) in [6, 6.07) is 26.1. The van der Waals surface area contributed by atoms with Crippen LogP contribution in [0, 0.1) is 11.3 Å². The Hall–Kier alpha value is -4.41. The first-order valence-corrected chi connectivity index (χ1v) is 11.8. The van der Waals surface area contributed by atoms with Crippen LogP contribution in [0.1, 0.15) is 21.6 Å². The van der Waals surface area contributed by atoms with Crippen LogP contribution in [0.5, 0.6) is 5.75 Å². The van der Waals surface area contributed by atoms with Crippen molar-refractivity contribution >= 4 is 29.1 Å². The molecule has 0 atom stereocenters. The van der Waals surface area contributed by atoms with Crippen molar-refractivity contribution in [1.82, 2.24) is 4.98 Å². The Morgan fingerprint density at radius 3 is 2.34 bits per heavy atom. The second kappa shape index (κ2) is 9.45. The predicted octanol–water partition coefficient (Wildman–Crippen LogP) is 5.57. The van der Waals surface area contributed by atoms with E-state index in [-0.39, 0.29) is 17.4 Å². The van der Waals surface area contributed by atoms with Gasteiger partial charge in [-0.25, -0.2) is 4.98 Å². The molecule has 0 unspecified atom stereocenters. The van der Waals surface area contributed by atoms with Gasteiger partial charge in [0.25, 0.3) is 0 Å². The number of rotatable bonds is 6. The lowest BCUT2D eigenvalue weighted by Crippen LogP contribution is -2.14. The van der Waals surface area contributed by atoms with Crippen molar-refractivity contribution in [3.8, 4) is 34.1 Å². The molecule has 6 nitrogen and oxygen atoms in total. The van der Waals surface area contributed by atoms with Gasteiger partial charge in [-0.3, -0.25) is 9.59 Å². The molecule has 1 heterocycles. The first-order valence-electron chi connectivity index (χ1n) is 10.8. The number of para-hydroxylation sites is 1. The smallest absolute Gasteiger partial charge is 0.234 e. The zero-order valence-electron chi connectivity index (χ0n) is 18.7. The highest BCUT2D eigenvalue weighted by Crippen LogP contribution is 2.46. The van der Waals surface area contributed by atoms with Crippen LogP contribution in [0.2, 0.25) is 0 Å². The van der Waals surface area contributed by atoms with E-state index < -0.39 is 0 Å². The number of nitriles is 1. The summed E-state index contributed by atoms with van der Waals surface area (Å²) in [5.74, 6) is 0.304. The molecule has 0 saturated heterocycles. The molecule has 4 aromatic rings. The van der Waals surface area contributed by atoms with Crippen LogP contribution in [0.3, 0.4) is 0 Å². The number of carbonyl (C=O) groups is 2. The Morgan fingerprint density at radius 1 is 0.971 bits per heavy atom. The van der Waals surface area contributed by atoms with Gasteiger partial charge in [-0.2, -0.15) is 5.26 Å². The second-order valence-electron chi connectivity index (χ2n) is 7.81. The number of methoxy groups -OCH3 is 1. The Bertz CT molecular complexity index is 1490. The number of pyridine rings is 1. The van der Waals surface area contributed by atoms with Gasteiger partial charge in [0, 0.05) is 22.4 Å². The highest BCUT2D eigenvalue weighted by molar-refractivity contribution is 8.00. The van der Waals surface area contributed by atoms with E-state index in [4.69, 9.17) is 4.74 Å². The molecule has 1 aliphatic rings. The third kappa shape index (κ3) is 4.16. The molecule has 7 heteroatoms. The Labute approximate surface area is 206 Å². The van der Waals surface area contributed by atoms with Crippen LogP contribution < -0.4 is 10.1 Å². The van der Waals surface area contributed by atoms with E-state index in [2.05, 4.69) is 16.4 Å². The maximum atomic E-state index is 13.2. The molecule has 1 aliphatic carbocycles. The molecule has 1 N–H and O–H groups in total. The molecule has 1 aromatic heterocycles. The van der Waals surface area contributed by atoms with Crippen molar-refractivity contribution in [3.05, 3.63) is 95.7 Å². The maximum Gasteiger partial charge on any atom is 0.234 e. The quantitative estimate of drug-likeness (QED) is 0.322. The molecule has 1 amide bonds. The minimum Gasteiger partial charge on any atom is -0.497 e. The molecule has 0 aliphatic heterocycles. The molecule has 170 valence electrons. The number of benzene rings is 3. The van der Waals surface area contributed by atoms with Gasteiger partial charge in [0.05, 0.1) is 18.4 Å². The topological polar surface area (TPSA) is 92.1 Å². The number of amides is 1. The summed E-state index contributed by atoms with van der Waals surface area (Å²) in [5.41, 5.74) is 4.65. The lowest BCUT2D eigenvalue weighted by Gasteiger charge is -2.15. The minimum atomic E-state index is -0.229.